The van der Waals surface area contributed by atoms with Crippen LogP contribution in [0.2, 0.25) is 0 Å². The van der Waals surface area contributed by atoms with Gasteiger partial charge in [-0.15, -0.1) is 0 Å². The largest absolute Gasteiger partial charge is 0.330 e. The molecule has 0 aliphatic heterocycles. The van der Waals surface area contributed by atoms with E-state index in [0.29, 0.717) is 39.0 Å². The minimum absolute atomic E-state index is 0.118. The first-order chi connectivity index (χ1) is 14.7. The first-order valence-electron chi connectivity index (χ1n) is 9.49. The van der Waals surface area contributed by atoms with Crippen LogP contribution in [0.1, 0.15) is 42.4 Å². The van der Waals surface area contributed by atoms with Crippen LogP contribution in [0.25, 0.3) is 0 Å². The summed E-state index contributed by atoms with van der Waals surface area (Å²) in [6, 6.07) is 12.2. The second-order valence-corrected chi connectivity index (χ2v) is 8.65. The first-order valence-corrected chi connectivity index (χ1v) is 10.3. The molecule has 31 heavy (non-hydrogen) atoms. The molecule has 0 aliphatic carbocycles. The maximum Gasteiger partial charge on any atom is 0.260 e. The van der Waals surface area contributed by atoms with Gasteiger partial charge in [0.1, 0.15) is 10.8 Å². The fourth-order valence-corrected chi connectivity index (χ4v) is 3.40. The predicted molar refractivity (Wildman–Crippen MR) is 122 cm³/mol. The smallest absolute Gasteiger partial charge is 0.260 e. The lowest BCUT2D eigenvalue weighted by Gasteiger charge is -2.18. The molecular weight excluding hydrogens is 412 g/mol. The van der Waals surface area contributed by atoms with Gasteiger partial charge in [-0.3, -0.25) is 9.59 Å². The Bertz CT molecular complexity index is 1170. The summed E-state index contributed by atoms with van der Waals surface area (Å²) in [5.41, 5.74) is 2.01. The number of amides is 2. The van der Waals surface area contributed by atoms with Crippen LogP contribution in [0.4, 0.5) is 22.2 Å². The number of aromatic nitrogens is 2. The quantitative estimate of drug-likeness (QED) is 0.535. The molecule has 3 aromatic rings. The number of hydrogen-bond acceptors (Lipinski definition) is 7. The summed E-state index contributed by atoms with van der Waals surface area (Å²) in [5, 5.41) is 18.3. The highest BCUT2D eigenvalue weighted by molar-refractivity contribution is 7.10. The molecule has 0 atom stereocenters. The zero-order valence-electron chi connectivity index (χ0n) is 17.6. The number of nitriles is 1. The Balaban J connectivity index is 1.79. The number of hydrogen-bond donors (Lipinski definition) is 3. The molecule has 0 fully saturated rings. The number of rotatable bonds is 5. The SMILES string of the molecule is Cc1nsc(Nc2cc(C#N)ccn2)c1C(=O)Nc1cccc(NC(=O)C(C)(C)C)c1. The molecule has 9 heteroatoms. The van der Waals surface area contributed by atoms with Crippen molar-refractivity contribution in [3.8, 4) is 6.07 Å². The second-order valence-electron chi connectivity index (χ2n) is 7.88. The molecule has 0 saturated heterocycles. The minimum atomic E-state index is -0.532. The Morgan fingerprint density at radius 2 is 1.81 bits per heavy atom. The summed E-state index contributed by atoms with van der Waals surface area (Å²) in [7, 11) is 0. The summed E-state index contributed by atoms with van der Waals surface area (Å²) in [5.74, 6) is -0.0134. The molecule has 0 unspecified atom stereocenters. The fraction of sp³-hybridized carbons (Fsp3) is 0.227. The average molecular weight is 435 g/mol. The highest BCUT2D eigenvalue weighted by atomic mass is 32.1. The van der Waals surface area contributed by atoms with Crippen molar-refractivity contribution in [2.45, 2.75) is 27.7 Å². The zero-order valence-corrected chi connectivity index (χ0v) is 18.4. The van der Waals surface area contributed by atoms with Crippen LogP contribution < -0.4 is 16.0 Å². The van der Waals surface area contributed by atoms with Gasteiger partial charge in [-0.05, 0) is 48.8 Å². The van der Waals surface area contributed by atoms with Gasteiger partial charge in [0.2, 0.25) is 5.91 Å². The van der Waals surface area contributed by atoms with Crippen LogP contribution in [-0.4, -0.2) is 21.2 Å². The molecule has 2 aromatic heterocycles. The summed E-state index contributed by atoms with van der Waals surface area (Å²) in [6.07, 6.45) is 1.52. The summed E-state index contributed by atoms with van der Waals surface area (Å²) in [4.78, 5) is 29.4. The van der Waals surface area contributed by atoms with Gasteiger partial charge in [-0.2, -0.15) is 9.64 Å². The van der Waals surface area contributed by atoms with Gasteiger partial charge < -0.3 is 16.0 Å². The number of carbonyl (C=O) groups excluding carboxylic acids is 2. The lowest BCUT2D eigenvalue weighted by molar-refractivity contribution is -0.123. The summed E-state index contributed by atoms with van der Waals surface area (Å²) < 4.78 is 4.27. The summed E-state index contributed by atoms with van der Waals surface area (Å²) in [6.45, 7) is 7.23. The Morgan fingerprint density at radius 1 is 1.10 bits per heavy atom. The minimum Gasteiger partial charge on any atom is -0.330 e. The van der Waals surface area contributed by atoms with Crippen LogP contribution in [-0.2, 0) is 4.79 Å². The highest BCUT2D eigenvalue weighted by Gasteiger charge is 2.22. The number of nitrogens with one attached hydrogen (secondary N) is 3. The number of pyridine rings is 1. The molecule has 0 saturated carbocycles. The third-order valence-electron chi connectivity index (χ3n) is 4.28. The van der Waals surface area contributed by atoms with Crippen LogP contribution in [0.5, 0.6) is 0 Å². The number of anilines is 4. The Labute approximate surface area is 184 Å². The Hall–Kier alpha value is -3.77. The Kier molecular flexibility index (Phi) is 6.32. The van der Waals surface area contributed by atoms with Gasteiger partial charge in [-0.1, -0.05) is 26.8 Å². The number of benzene rings is 1. The van der Waals surface area contributed by atoms with E-state index in [4.69, 9.17) is 5.26 Å². The molecule has 3 rings (SSSR count). The number of aryl methyl sites for hydroxylation is 1. The normalized spacial score (nSPS) is 10.8. The standard InChI is InChI=1S/C22H22N6O2S/c1-13-18(20(31-28-13)27-17-10-14(12-23)8-9-24-17)19(29)25-15-6-5-7-16(11-15)26-21(30)22(2,3)4/h5-11H,1-4H3,(H,24,27)(H,25,29)(H,26,30). The van der Waals surface area contributed by atoms with Gasteiger partial charge in [0.15, 0.2) is 0 Å². The monoisotopic (exact) mass is 434 g/mol. The maximum atomic E-state index is 13.0. The predicted octanol–water partition coefficient (Wildman–Crippen LogP) is 4.70. The maximum absolute atomic E-state index is 13.0. The van der Waals surface area contributed by atoms with E-state index in [9.17, 15) is 9.59 Å². The van der Waals surface area contributed by atoms with Gasteiger partial charge in [-0.25, -0.2) is 4.98 Å². The number of nitrogens with zero attached hydrogens (tertiary/aromatic N) is 3. The van der Waals surface area contributed by atoms with Gasteiger partial charge in [0.25, 0.3) is 5.91 Å². The molecule has 8 nitrogen and oxygen atoms in total. The van der Waals surface area contributed by atoms with Crippen molar-refractivity contribution >= 4 is 45.5 Å². The molecule has 2 heterocycles. The van der Waals surface area contributed by atoms with Crippen molar-refractivity contribution in [1.29, 1.82) is 5.26 Å². The van der Waals surface area contributed by atoms with E-state index in [-0.39, 0.29) is 11.8 Å². The third kappa shape index (κ3) is 5.43. The van der Waals surface area contributed by atoms with Crippen molar-refractivity contribution in [3.63, 3.8) is 0 Å². The first kappa shape index (κ1) is 21.9. The van der Waals surface area contributed by atoms with Crippen molar-refractivity contribution < 1.29 is 9.59 Å². The average Bonchev–Trinajstić information content (AvgIpc) is 3.07. The highest BCUT2D eigenvalue weighted by Crippen LogP contribution is 2.29. The molecule has 158 valence electrons. The van der Waals surface area contributed by atoms with E-state index < -0.39 is 5.41 Å². The molecule has 1 aromatic carbocycles. The van der Waals surface area contributed by atoms with E-state index in [1.54, 1.807) is 43.3 Å². The lowest BCUT2D eigenvalue weighted by Crippen LogP contribution is -2.27. The van der Waals surface area contributed by atoms with E-state index in [1.807, 2.05) is 20.8 Å². The topological polar surface area (TPSA) is 120 Å². The number of carbonyl (C=O) groups is 2. The van der Waals surface area contributed by atoms with Crippen molar-refractivity contribution in [1.82, 2.24) is 9.36 Å². The van der Waals surface area contributed by atoms with Crippen LogP contribution in [0.3, 0.4) is 0 Å². The molecular formula is C22H22N6O2S. The van der Waals surface area contributed by atoms with Crippen molar-refractivity contribution in [2.24, 2.45) is 5.41 Å². The second kappa shape index (κ2) is 8.93. The molecule has 0 aliphatic rings. The van der Waals surface area contributed by atoms with Crippen molar-refractivity contribution in [2.75, 3.05) is 16.0 Å². The van der Waals surface area contributed by atoms with Gasteiger partial charge >= 0.3 is 0 Å². The van der Waals surface area contributed by atoms with E-state index in [0.717, 1.165) is 11.5 Å². The molecule has 2 amide bonds. The summed E-state index contributed by atoms with van der Waals surface area (Å²) >= 11 is 1.14. The van der Waals surface area contributed by atoms with Crippen LogP contribution in [0.15, 0.2) is 42.6 Å². The third-order valence-corrected chi connectivity index (χ3v) is 5.13. The zero-order chi connectivity index (χ0) is 22.6. The molecule has 0 radical (unpaired) electrons. The lowest BCUT2D eigenvalue weighted by atomic mass is 9.95. The fourth-order valence-electron chi connectivity index (χ4n) is 2.59. The van der Waals surface area contributed by atoms with Gasteiger partial charge in [0, 0.05) is 23.0 Å². The van der Waals surface area contributed by atoms with Crippen molar-refractivity contribution in [3.05, 3.63) is 59.4 Å². The molecule has 0 bridgehead atoms. The molecule has 0 spiro atoms. The van der Waals surface area contributed by atoms with Crippen LogP contribution >= 0.6 is 11.5 Å². The Morgan fingerprint density at radius 3 is 2.48 bits per heavy atom. The van der Waals surface area contributed by atoms with E-state index in [2.05, 4.69) is 31.4 Å². The molecule has 3 N–H and O–H groups in total. The van der Waals surface area contributed by atoms with Gasteiger partial charge in [0.05, 0.1) is 22.9 Å². The van der Waals surface area contributed by atoms with E-state index >= 15 is 0 Å². The van der Waals surface area contributed by atoms with E-state index in [1.165, 1.54) is 6.20 Å². The van der Waals surface area contributed by atoms with Crippen LogP contribution in [0, 0.1) is 23.7 Å².